The smallest absolute Gasteiger partial charge is 0.130 e. The van der Waals surface area contributed by atoms with E-state index in [4.69, 9.17) is 10.5 Å². The van der Waals surface area contributed by atoms with Gasteiger partial charge in [-0.15, -0.1) is 0 Å². The predicted molar refractivity (Wildman–Crippen MR) is 72.4 cm³/mol. The Morgan fingerprint density at radius 2 is 2.00 bits per heavy atom. The molecule has 1 heterocycles. The molecule has 1 aromatic carbocycles. The number of hydrogen-bond acceptors (Lipinski definition) is 3. The Morgan fingerprint density at radius 1 is 1.17 bits per heavy atom. The molecule has 0 bridgehead atoms. The van der Waals surface area contributed by atoms with Gasteiger partial charge in [-0.1, -0.05) is 18.2 Å². The maximum absolute atomic E-state index is 5.80. The molecule has 0 unspecified atom stereocenters. The highest BCUT2D eigenvalue weighted by molar-refractivity contribution is 5.36. The second-order valence-corrected chi connectivity index (χ2v) is 4.36. The van der Waals surface area contributed by atoms with Crippen molar-refractivity contribution < 1.29 is 4.74 Å². The summed E-state index contributed by atoms with van der Waals surface area (Å²) < 4.78 is 5.80. The van der Waals surface area contributed by atoms with Crippen molar-refractivity contribution in [2.75, 3.05) is 0 Å². The molecule has 2 aromatic rings. The Labute approximate surface area is 108 Å². The average Bonchev–Trinajstić information content (AvgIpc) is 2.38. The Hall–Kier alpha value is -1.87. The van der Waals surface area contributed by atoms with Crippen LogP contribution in [0.4, 0.5) is 0 Å². The molecule has 0 radical (unpaired) electrons. The summed E-state index contributed by atoms with van der Waals surface area (Å²) in [6.45, 7) is 5.01. The van der Waals surface area contributed by atoms with Gasteiger partial charge in [0.2, 0.25) is 0 Å². The first kappa shape index (κ1) is 12.6. The van der Waals surface area contributed by atoms with Gasteiger partial charge >= 0.3 is 0 Å². The quantitative estimate of drug-likeness (QED) is 0.896. The van der Waals surface area contributed by atoms with Gasteiger partial charge in [0, 0.05) is 12.2 Å². The first-order valence-corrected chi connectivity index (χ1v) is 6.04. The van der Waals surface area contributed by atoms with Gasteiger partial charge < -0.3 is 10.5 Å². The molecule has 0 aliphatic rings. The fraction of sp³-hybridized carbons (Fsp3) is 0.267. The van der Waals surface area contributed by atoms with E-state index in [2.05, 4.69) is 4.98 Å². The van der Waals surface area contributed by atoms with Crippen LogP contribution in [0.25, 0.3) is 0 Å². The van der Waals surface area contributed by atoms with Crippen LogP contribution < -0.4 is 10.5 Å². The first-order valence-electron chi connectivity index (χ1n) is 6.04. The molecular weight excluding hydrogens is 224 g/mol. The third-order valence-electron chi connectivity index (χ3n) is 2.81. The molecule has 94 valence electrons. The summed E-state index contributed by atoms with van der Waals surface area (Å²) in [6, 6.07) is 12.0. The number of ether oxygens (including phenoxy) is 1. The Kier molecular flexibility index (Phi) is 3.95. The molecule has 18 heavy (non-hydrogen) atoms. The van der Waals surface area contributed by atoms with Crippen LogP contribution in [0.15, 0.2) is 36.4 Å². The molecule has 3 nitrogen and oxygen atoms in total. The van der Waals surface area contributed by atoms with E-state index in [0.717, 1.165) is 28.3 Å². The highest BCUT2D eigenvalue weighted by atomic mass is 16.5. The van der Waals surface area contributed by atoms with Crippen molar-refractivity contribution >= 4 is 0 Å². The summed E-state index contributed by atoms with van der Waals surface area (Å²) in [5, 5.41) is 0. The third-order valence-corrected chi connectivity index (χ3v) is 2.81. The molecule has 1 aromatic heterocycles. The van der Waals surface area contributed by atoms with Gasteiger partial charge in [0.1, 0.15) is 12.4 Å². The molecule has 0 aliphatic heterocycles. The van der Waals surface area contributed by atoms with Gasteiger partial charge in [0.25, 0.3) is 0 Å². The topological polar surface area (TPSA) is 48.1 Å². The molecule has 0 aliphatic carbocycles. The number of hydrogen-bond donors (Lipinski definition) is 1. The monoisotopic (exact) mass is 242 g/mol. The van der Waals surface area contributed by atoms with Gasteiger partial charge in [0.15, 0.2) is 0 Å². The summed E-state index contributed by atoms with van der Waals surface area (Å²) in [5.74, 6) is 0.876. The number of benzene rings is 1. The van der Waals surface area contributed by atoms with Gasteiger partial charge in [-0.05, 0) is 43.2 Å². The Morgan fingerprint density at radius 3 is 2.72 bits per heavy atom. The van der Waals surface area contributed by atoms with E-state index >= 15 is 0 Å². The molecule has 0 amide bonds. The minimum atomic E-state index is 0.483. The molecule has 0 fully saturated rings. The van der Waals surface area contributed by atoms with Crippen molar-refractivity contribution in [2.45, 2.75) is 27.0 Å². The lowest BCUT2D eigenvalue weighted by molar-refractivity contribution is 0.298. The highest BCUT2D eigenvalue weighted by Crippen LogP contribution is 2.20. The van der Waals surface area contributed by atoms with E-state index in [1.807, 2.05) is 50.2 Å². The zero-order valence-electron chi connectivity index (χ0n) is 10.8. The van der Waals surface area contributed by atoms with Crippen LogP contribution in [0, 0.1) is 13.8 Å². The van der Waals surface area contributed by atoms with Crippen LogP contribution in [0.5, 0.6) is 5.75 Å². The lowest BCUT2D eigenvalue weighted by Gasteiger charge is -2.10. The van der Waals surface area contributed by atoms with E-state index in [0.29, 0.717) is 13.2 Å². The SMILES string of the molecule is Cc1cccc(COc2cc(CN)ccc2C)n1. The second kappa shape index (κ2) is 5.65. The normalized spacial score (nSPS) is 10.4. The summed E-state index contributed by atoms with van der Waals surface area (Å²) in [7, 11) is 0. The molecule has 0 saturated carbocycles. The fourth-order valence-corrected chi connectivity index (χ4v) is 1.76. The molecule has 0 saturated heterocycles. The van der Waals surface area contributed by atoms with Crippen LogP contribution in [-0.2, 0) is 13.2 Å². The van der Waals surface area contributed by atoms with E-state index < -0.39 is 0 Å². The zero-order chi connectivity index (χ0) is 13.0. The number of pyridine rings is 1. The van der Waals surface area contributed by atoms with Crippen molar-refractivity contribution in [2.24, 2.45) is 5.73 Å². The molecular formula is C15H18N2O. The number of aryl methyl sites for hydroxylation is 2. The van der Waals surface area contributed by atoms with Crippen molar-refractivity contribution in [3.8, 4) is 5.75 Å². The van der Waals surface area contributed by atoms with Gasteiger partial charge in [-0.2, -0.15) is 0 Å². The predicted octanol–water partition coefficient (Wildman–Crippen LogP) is 2.74. The van der Waals surface area contributed by atoms with Crippen molar-refractivity contribution in [3.63, 3.8) is 0 Å². The molecule has 2 rings (SSSR count). The van der Waals surface area contributed by atoms with Gasteiger partial charge in [0.05, 0.1) is 5.69 Å². The second-order valence-electron chi connectivity index (χ2n) is 4.36. The Balaban J connectivity index is 2.10. The van der Waals surface area contributed by atoms with Crippen LogP contribution in [0.1, 0.15) is 22.5 Å². The number of nitrogens with zero attached hydrogens (tertiary/aromatic N) is 1. The standard InChI is InChI=1S/C15H18N2O/c1-11-6-7-13(9-16)8-15(11)18-10-14-5-3-4-12(2)17-14/h3-8H,9-10,16H2,1-2H3. The third kappa shape index (κ3) is 3.08. The molecule has 3 heteroatoms. The Bertz CT molecular complexity index is 538. The lowest BCUT2D eigenvalue weighted by atomic mass is 10.1. The molecule has 2 N–H and O–H groups in total. The molecule has 0 atom stereocenters. The lowest BCUT2D eigenvalue weighted by Crippen LogP contribution is -2.02. The number of nitrogens with two attached hydrogens (primary N) is 1. The van der Waals surface area contributed by atoms with Crippen molar-refractivity contribution in [1.29, 1.82) is 0 Å². The van der Waals surface area contributed by atoms with Gasteiger partial charge in [-0.3, -0.25) is 4.98 Å². The minimum Gasteiger partial charge on any atom is -0.487 e. The average molecular weight is 242 g/mol. The maximum atomic E-state index is 5.80. The number of aromatic nitrogens is 1. The summed E-state index contributed by atoms with van der Waals surface area (Å²) in [4.78, 5) is 4.41. The highest BCUT2D eigenvalue weighted by Gasteiger charge is 2.02. The van der Waals surface area contributed by atoms with Crippen LogP contribution in [0.3, 0.4) is 0 Å². The van der Waals surface area contributed by atoms with E-state index in [1.165, 1.54) is 0 Å². The fourth-order valence-electron chi connectivity index (χ4n) is 1.76. The largest absolute Gasteiger partial charge is 0.487 e. The first-order chi connectivity index (χ1) is 8.69. The van der Waals surface area contributed by atoms with Gasteiger partial charge in [-0.25, -0.2) is 0 Å². The van der Waals surface area contributed by atoms with E-state index in [-0.39, 0.29) is 0 Å². The van der Waals surface area contributed by atoms with E-state index in [1.54, 1.807) is 0 Å². The van der Waals surface area contributed by atoms with Crippen molar-refractivity contribution in [1.82, 2.24) is 4.98 Å². The maximum Gasteiger partial charge on any atom is 0.130 e. The van der Waals surface area contributed by atoms with Crippen LogP contribution >= 0.6 is 0 Å². The summed E-state index contributed by atoms with van der Waals surface area (Å²) in [5.41, 5.74) is 9.76. The van der Waals surface area contributed by atoms with E-state index in [9.17, 15) is 0 Å². The summed E-state index contributed by atoms with van der Waals surface area (Å²) in [6.07, 6.45) is 0. The van der Waals surface area contributed by atoms with Crippen LogP contribution in [0.2, 0.25) is 0 Å². The zero-order valence-corrected chi connectivity index (χ0v) is 10.8. The van der Waals surface area contributed by atoms with Crippen molar-refractivity contribution in [3.05, 3.63) is 58.9 Å². The molecule has 0 spiro atoms. The summed E-state index contributed by atoms with van der Waals surface area (Å²) >= 11 is 0. The number of rotatable bonds is 4. The minimum absolute atomic E-state index is 0.483. The van der Waals surface area contributed by atoms with Crippen LogP contribution in [-0.4, -0.2) is 4.98 Å².